The maximum Gasteiger partial charge on any atom is 0.0448 e. The first-order valence-electron chi connectivity index (χ1n) is 6.62. The molecule has 0 aromatic carbocycles. The van der Waals surface area contributed by atoms with Gasteiger partial charge in [0.1, 0.15) is 0 Å². The fourth-order valence-corrected chi connectivity index (χ4v) is 3.54. The van der Waals surface area contributed by atoms with Crippen molar-refractivity contribution in [1.29, 1.82) is 0 Å². The standard InChI is InChI=1S/C14H23N3S/c1-10-7-14(13(8-15-4)9-16-10)17-5-6-18-12(3)11(17)2/h7,9,11-12,15H,5-6,8H2,1-4H3. The van der Waals surface area contributed by atoms with E-state index in [0.29, 0.717) is 11.3 Å². The van der Waals surface area contributed by atoms with Crippen LogP contribution in [-0.4, -0.2) is 35.6 Å². The number of nitrogens with one attached hydrogen (secondary N) is 1. The lowest BCUT2D eigenvalue weighted by Gasteiger charge is -2.40. The summed E-state index contributed by atoms with van der Waals surface area (Å²) >= 11 is 2.08. The average molecular weight is 265 g/mol. The molecule has 1 aromatic heterocycles. The molecule has 1 fully saturated rings. The van der Waals surface area contributed by atoms with Gasteiger partial charge in [-0.05, 0) is 27.0 Å². The van der Waals surface area contributed by atoms with Crippen LogP contribution in [0.25, 0.3) is 0 Å². The third-order valence-corrected chi connectivity index (χ3v) is 5.00. The van der Waals surface area contributed by atoms with Crippen LogP contribution < -0.4 is 10.2 Å². The van der Waals surface area contributed by atoms with Gasteiger partial charge in [-0.15, -0.1) is 0 Å². The van der Waals surface area contributed by atoms with Crippen LogP contribution in [0.4, 0.5) is 5.69 Å². The van der Waals surface area contributed by atoms with E-state index < -0.39 is 0 Å². The van der Waals surface area contributed by atoms with Gasteiger partial charge in [-0.1, -0.05) is 6.92 Å². The van der Waals surface area contributed by atoms with Crippen molar-refractivity contribution in [3.05, 3.63) is 23.5 Å². The van der Waals surface area contributed by atoms with Crippen molar-refractivity contribution in [2.75, 3.05) is 24.2 Å². The van der Waals surface area contributed by atoms with Crippen LogP contribution in [0, 0.1) is 6.92 Å². The molecule has 1 aromatic rings. The lowest BCUT2D eigenvalue weighted by atomic mass is 10.1. The number of aryl methyl sites for hydroxylation is 1. The number of aromatic nitrogens is 1. The van der Waals surface area contributed by atoms with Gasteiger partial charge < -0.3 is 10.2 Å². The van der Waals surface area contributed by atoms with Crippen LogP contribution in [0.2, 0.25) is 0 Å². The van der Waals surface area contributed by atoms with Gasteiger partial charge in [0.15, 0.2) is 0 Å². The predicted octanol–water partition coefficient (Wildman–Crippen LogP) is 2.44. The second-order valence-electron chi connectivity index (χ2n) is 4.99. The summed E-state index contributed by atoms with van der Waals surface area (Å²) < 4.78 is 0. The van der Waals surface area contributed by atoms with Crippen LogP contribution in [0.5, 0.6) is 0 Å². The van der Waals surface area contributed by atoms with Gasteiger partial charge in [-0.3, -0.25) is 4.98 Å². The molecule has 2 rings (SSSR count). The third kappa shape index (κ3) is 2.81. The van der Waals surface area contributed by atoms with E-state index in [1.807, 2.05) is 13.2 Å². The highest BCUT2D eigenvalue weighted by Gasteiger charge is 2.26. The van der Waals surface area contributed by atoms with E-state index in [0.717, 1.165) is 18.8 Å². The summed E-state index contributed by atoms with van der Waals surface area (Å²) in [4.78, 5) is 6.97. The summed E-state index contributed by atoms with van der Waals surface area (Å²) in [6, 6.07) is 2.81. The van der Waals surface area contributed by atoms with Gasteiger partial charge in [-0.25, -0.2) is 0 Å². The molecule has 1 saturated heterocycles. The van der Waals surface area contributed by atoms with Crippen LogP contribution in [-0.2, 0) is 6.54 Å². The summed E-state index contributed by atoms with van der Waals surface area (Å²) in [5.74, 6) is 1.21. The average Bonchev–Trinajstić information content (AvgIpc) is 2.35. The first-order chi connectivity index (χ1) is 8.63. The van der Waals surface area contributed by atoms with Crippen molar-refractivity contribution in [2.45, 2.75) is 38.6 Å². The van der Waals surface area contributed by atoms with E-state index in [1.54, 1.807) is 0 Å². The first kappa shape index (κ1) is 13.7. The number of anilines is 1. The zero-order chi connectivity index (χ0) is 13.1. The van der Waals surface area contributed by atoms with Gasteiger partial charge in [0, 0.05) is 53.3 Å². The SMILES string of the molecule is CNCc1cnc(C)cc1N1CCSC(C)C1C. The van der Waals surface area contributed by atoms with Crippen LogP contribution in [0.3, 0.4) is 0 Å². The highest BCUT2D eigenvalue weighted by atomic mass is 32.2. The van der Waals surface area contributed by atoms with Crippen LogP contribution in [0.1, 0.15) is 25.1 Å². The molecule has 1 aliphatic heterocycles. The van der Waals surface area contributed by atoms with Crippen molar-refractivity contribution in [3.63, 3.8) is 0 Å². The summed E-state index contributed by atoms with van der Waals surface area (Å²) in [6.45, 7) is 8.74. The van der Waals surface area contributed by atoms with Crippen molar-refractivity contribution in [1.82, 2.24) is 10.3 Å². The van der Waals surface area contributed by atoms with Crippen LogP contribution >= 0.6 is 11.8 Å². The second kappa shape index (κ2) is 5.93. The van der Waals surface area contributed by atoms with Gasteiger partial charge in [-0.2, -0.15) is 11.8 Å². The van der Waals surface area contributed by atoms with E-state index in [9.17, 15) is 0 Å². The lowest BCUT2D eigenvalue weighted by Crippen LogP contribution is -2.45. The number of rotatable bonds is 3. The summed E-state index contributed by atoms with van der Waals surface area (Å²) in [5, 5.41) is 3.93. The highest BCUT2D eigenvalue weighted by Crippen LogP contribution is 2.31. The van der Waals surface area contributed by atoms with Gasteiger partial charge >= 0.3 is 0 Å². The van der Waals surface area contributed by atoms with Crippen molar-refractivity contribution < 1.29 is 0 Å². The number of nitrogens with zero attached hydrogens (tertiary/aromatic N) is 2. The molecule has 18 heavy (non-hydrogen) atoms. The second-order valence-corrected chi connectivity index (χ2v) is 6.48. The lowest BCUT2D eigenvalue weighted by molar-refractivity contribution is 0.622. The predicted molar refractivity (Wildman–Crippen MR) is 80.5 cm³/mol. The zero-order valence-corrected chi connectivity index (χ0v) is 12.5. The van der Waals surface area contributed by atoms with Gasteiger partial charge in [0.25, 0.3) is 0 Å². The Hall–Kier alpha value is -0.740. The molecule has 3 nitrogen and oxygen atoms in total. The Balaban J connectivity index is 2.32. The Morgan fingerprint density at radius 3 is 3.00 bits per heavy atom. The quantitative estimate of drug-likeness (QED) is 0.908. The van der Waals surface area contributed by atoms with Crippen molar-refractivity contribution in [3.8, 4) is 0 Å². The molecule has 0 saturated carbocycles. The molecule has 0 bridgehead atoms. The minimum Gasteiger partial charge on any atom is -0.367 e. The molecule has 0 radical (unpaired) electrons. The molecular formula is C14H23N3S. The summed E-state index contributed by atoms with van der Waals surface area (Å²) in [7, 11) is 1.99. The Morgan fingerprint density at radius 2 is 2.28 bits per heavy atom. The zero-order valence-electron chi connectivity index (χ0n) is 11.7. The molecule has 0 spiro atoms. The van der Waals surface area contributed by atoms with Gasteiger partial charge in [0.2, 0.25) is 0 Å². The summed E-state index contributed by atoms with van der Waals surface area (Å²) in [5.41, 5.74) is 3.76. The molecule has 1 N–H and O–H groups in total. The number of hydrogen-bond donors (Lipinski definition) is 1. The Labute approximate surface area is 114 Å². The minimum atomic E-state index is 0.584. The maximum absolute atomic E-state index is 4.43. The molecule has 1 aliphatic rings. The van der Waals surface area contributed by atoms with E-state index >= 15 is 0 Å². The number of hydrogen-bond acceptors (Lipinski definition) is 4. The first-order valence-corrected chi connectivity index (χ1v) is 7.66. The molecule has 100 valence electrons. The number of thioether (sulfide) groups is 1. The fourth-order valence-electron chi connectivity index (χ4n) is 2.44. The molecule has 2 heterocycles. The normalized spacial score (nSPS) is 24.3. The topological polar surface area (TPSA) is 28.2 Å². The van der Waals surface area contributed by atoms with Crippen molar-refractivity contribution >= 4 is 17.4 Å². The Morgan fingerprint density at radius 1 is 1.50 bits per heavy atom. The monoisotopic (exact) mass is 265 g/mol. The molecule has 4 heteroatoms. The molecule has 2 unspecified atom stereocenters. The van der Waals surface area contributed by atoms with E-state index in [4.69, 9.17) is 0 Å². The molecule has 2 atom stereocenters. The maximum atomic E-state index is 4.43. The van der Waals surface area contributed by atoms with Gasteiger partial charge in [0.05, 0.1) is 0 Å². The largest absolute Gasteiger partial charge is 0.367 e. The minimum absolute atomic E-state index is 0.584. The van der Waals surface area contributed by atoms with E-state index in [1.165, 1.54) is 17.0 Å². The highest BCUT2D eigenvalue weighted by molar-refractivity contribution is 8.00. The molecule has 0 amide bonds. The van der Waals surface area contributed by atoms with E-state index in [2.05, 4.69) is 53.8 Å². The third-order valence-electron chi connectivity index (χ3n) is 3.66. The Bertz CT molecular complexity index is 408. The molecule has 0 aliphatic carbocycles. The number of pyridine rings is 1. The van der Waals surface area contributed by atoms with E-state index in [-0.39, 0.29) is 0 Å². The van der Waals surface area contributed by atoms with Crippen LogP contribution in [0.15, 0.2) is 12.3 Å². The smallest absolute Gasteiger partial charge is 0.0448 e. The fraction of sp³-hybridized carbons (Fsp3) is 0.643. The molecular weight excluding hydrogens is 242 g/mol. The van der Waals surface area contributed by atoms with Crippen molar-refractivity contribution in [2.24, 2.45) is 0 Å². The Kier molecular flexibility index (Phi) is 4.51. The summed E-state index contributed by atoms with van der Waals surface area (Å²) in [6.07, 6.45) is 2.01.